The summed E-state index contributed by atoms with van der Waals surface area (Å²) < 4.78 is 99.9. The lowest BCUT2D eigenvalue weighted by Crippen LogP contribution is -2.60. The van der Waals surface area contributed by atoms with E-state index < -0.39 is 82.0 Å². The molecule has 0 radical (unpaired) electrons. The van der Waals surface area contributed by atoms with Gasteiger partial charge in [0.2, 0.25) is 0 Å². The molecule has 31 heavy (non-hydrogen) atoms. The summed E-state index contributed by atoms with van der Waals surface area (Å²) in [5.74, 6) is -0.828. The summed E-state index contributed by atoms with van der Waals surface area (Å²) in [5, 5.41) is 10.6. The van der Waals surface area contributed by atoms with Crippen molar-refractivity contribution in [3.05, 3.63) is 0 Å². The fourth-order valence-electron chi connectivity index (χ4n) is 4.00. The molecule has 3 N–H and O–H groups in total. The van der Waals surface area contributed by atoms with Crippen LogP contribution in [-0.4, -0.2) is 100 Å². The van der Waals surface area contributed by atoms with Gasteiger partial charge < -0.3 is 28.8 Å². The Morgan fingerprint density at radius 1 is 0.968 bits per heavy atom. The smallest absolute Gasteiger partial charge is 0.387 e. The maximum Gasteiger partial charge on any atom is 0.397 e. The van der Waals surface area contributed by atoms with Crippen LogP contribution in [0.15, 0.2) is 0 Å². The molecule has 10 atom stereocenters. The van der Waals surface area contributed by atoms with Gasteiger partial charge in [0.15, 0.2) is 18.7 Å². The Hall–Kier alpha value is -0.500. The van der Waals surface area contributed by atoms with E-state index in [2.05, 4.69) is 8.37 Å². The number of methoxy groups -OCH3 is 1. The molecule has 3 fully saturated rings. The molecular weight excluding hydrogens is 468 g/mol. The largest absolute Gasteiger partial charge is 0.397 e. The Kier molecular flexibility index (Phi) is 7.62. The maximum absolute atomic E-state index is 11.2. The molecule has 0 spiro atoms. The Morgan fingerprint density at radius 3 is 2.13 bits per heavy atom. The summed E-state index contributed by atoms with van der Waals surface area (Å²) in [6, 6.07) is 0. The lowest BCUT2D eigenvalue weighted by molar-refractivity contribution is -0.325. The average Bonchev–Trinajstić information content (AvgIpc) is 2.95. The topological polar surface area (TPSA) is 194 Å². The Labute approximate surface area is 179 Å². The van der Waals surface area contributed by atoms with E-state index in [1.54, 1.807) is 6.92 Å². The van der Waals surface area contributed by atoms with Crippen molar-refractivity contribution in [2.24, 2.45) is 5.92 Å². The van der Waals surface area contributed by atoms with Crippen molar-refractivity contribution in [1.29, 1.82) is 0 Å². The van der Waals surface area contributed by atoms with Crippen LogP contribution >= 0.6 is 0 Å². The van der Waals surface area contributed by atoms with Crippen molar-refractivity contribution in [1.82, 2.24) is 0 Å². The predicted octanol–water partition coefficient (Wildman–Crippen LogP) is -1.35. The number of fused-ring (bicyclic) bond motifs is 2. The molecule has 3 rings (SSSR count). The van der Waals surface area contributed by atoms with Crippen molar-refractivity contribution in [3.63, 3.8) is 0 Å². The molecule has 0 amide bonds. The third-order valence-electron chi connectivity index (χ3n) is 5.45. The van der Waals surface area contributed by atoms with Gasteiger partial charge in [-0.05, 0) is 6.42 Å². The molecule has 182 valence electrons. The van der Waals surface area contributed by atoms with Gasteiger partial charge in [0, 0.05) is 13.0 Å². The molecule has 0 aliphatic carbocycles. The molecule has 0 aromatic heterocycles. The molecule has 14 nitrogen and oxygen atoms in total. The average molecular weight is 494 g/mol. The third kappa shape index (κ3) is 5.71. The third-order valence-corrected chi connectivity index (χ3v) is 6.38. The number of hydrogen-bond acceptors (Lipinski definition) is 12. The first kappa shape index (κ1) is 25.1. The molecule has 3 heterocycles. The first-order chi connectivity index (χ1) is 14.3. The lowest BCUT2D eigenvalue weighted by atomic mass is 9.89. The van der Waals surface area contributed by atoms with Crippen molar-refractivity contribution in [2.75, 3.05) is 13.7 Å². The number of hydrogen-bond donors (Lipinski definition) is 3. The lowest BCUT2D eigenvalue weighted by Gasteiger charge is -2.45. The van der Waals surface area contributed by atoms with E-state index in [1.165, 1.54) is 14.0 Å². The summed E-state index contributed by atoms with van der Waals surface area (Å²) in [7, 11) is -8.42. The second kappa shape index (κ2) is 9.40. The van der Waals surface area contributed by atoms with Crippen LogP contribution in [0.4, 0.5) is 0 Å². The number of aliphatic hydroxyl groups excluding tert-OH is 1. The zero-order chi connectivity index (χ0) is 23.1. The second-order valence-electron chi connectivity index (χ2n) is 7.46. The molecule has 3 saturated heterocycles. The van der Waals surface area contributed by atoms with Gasteiger partial charge in [0.05, 0.1) is 12.7 Å². The van der Waals surface area contributed by atoms with Gasteiger partial charge in [-0.1, -0.05) is 13.8 Å². The minimum atomic E-state index is -4.88. The highest BCUT2D eigenvalue weighted by molar-refractivity contribution is 7.81. The molecule has 3 aliphatic rings. The standard InChI is InChI=1S/C15H26O14S2/c1-4-7-10(28-30(17,18)19)6(2)9(16)14(25-7)27-11-8-5-24-12(11)13(15(23-3)26-8)29-31(20,21)22/h6-16H,4-5H2,1-3H3,(H,17,18,19)(H,20,21,22)/t6-,7?,8?,9?,10-,11+,12?,13+,14+,15+/m1/s1. The van der Waals surface area contributed by atoms with Crippen LogP contribution in [0.2, 0.25) is 0 Å². The SMILES string of the molecule is CCC1O[C@@H](O[C@H]2C3COC2[C@H](OS(=O)(=O)O)[C@@H](OC)O3)C(O)[C@@H](C)[C@H]1OS(=O)(=O)O. The molecule has 2 bridgehead atoms. The van der Waals surface area contributed by atoms with E-state index in [9.17, 15) is 21.9 Å². The van der Waals surface area contributed by atoms with Crippen molar-refractivity contribution in [3.8, 4) is 0 Å². The van der Waals surface area contributed by atoms with Crippen LogP contribution in [0, 0.1) is 5.92 Å². The van der Waals surface area contributed by atoms with Crippen molar-refractivity contribution in [2.45, 2.75) is 75.6 Å². The maximum atomic E-state index is 11.2. The van der Waals surface area contributed by atoms with Crippen LogP contribution < -0.4 is 0 Å². The van der Waals surface area contributed by atoms with Gasteiger partial charge in [0.1, 0.15) is 30.5 Å². The van der Waals surface area contributed by atoms with Crippen LogP contribution in [0.5, 0.6) is 0 Å². The summed E-state index contributed by atoms with van der Waals surface area (Å²) >= 11 is 0. The van der Waals surface area contributed by atoms with Gasteiger partial charge >= 0.3 is 20.8 Å². The minimum Gasteiger partial charge on any atom is -0.387 e. The summed E-state index contributed by atoms with van der Waals surface area (Å²) in [6.45, 7) is 3.17. The molecule has 4 unspecified atom stereocenters. The Bertz CT molecular complexity index is 829. The van der Waals surface area contributed by atoms with Gasteiger partial charge in [-0.3, -0.25) is 9.11 Å². The summed E-state index contributed by atoms with van der Waals surface area (Å²) in [5.41, 5.74) is 0. The normalized spacial score (nSPS) is 43.8. The molecule has 3 aliphatic heterocycles. The van der Waals surface area contributed by atoms with Crippen molar-refractivity contribution >= 4 is 20.8 Å². The van der Waals surface area contributed by atoms with Crippen molar-refractivity contribution < 1.29 is 63.1 Å². The fraction of sp³-hybridized carbons (Fsp3) is 1.00. The zero-order valence-electron chi connectivity index (χ0n) is 16.8. The van der Waals surface area contributed by atoms with E-state index in [0.717, 1.165) is 0 Å². The quantitative estimate of drug-likeness (QED) is 0.335. The molecular formula is C15H26O14S2. The fourth-order valence-corrected chi connectivity index (χ4v) is 5.06. The Balaban J connectivity index is 1.77. The van der Waals surface area contributed by atoms with E-state index in [0.29, 0.717) is 0 Å². The van der Waals surface area contributed by atoms with E-state index >= 15 is 0 Å². The van der Waals surface area contributed by atoms with Gasteiger partial charge in [-0.2, -0.15) is 16.8 Å². The Morgan fingerprint density at radius 2 is 1.58 bits per heavy atom. The first-order valence-corrected chi connectivity index (χ1v) is 12.2. The molecule has 0 aromatic rings. The van der Waals surface area contributed by atoms with E-state index in [-0.39, 0.29) is 13.0 Å². The van der Waals surface area contributed by atoms with Crippen LogP contribution in [-0.2, 0) is 52.8 Å². The monoisotopic (exact) mass is 494 g/mol. The summed E-state index contributed by atoms with van der Waals surface area (Å²) in [6.07, 6.45) is -9.75. The van der Waals surface area contributed by atoms with Gasteiger partial charge in [0.25, 0.3) is 0 Å². The van der Waals surface area contributed by atoms with Crippen LogP contribution in [0.3, 0.4) is 0 Å². The predicted molar refractivity (Wildman–Crippen MR) is 97.2 cm³/mol. The van der Waals surface area contributed by atoms with Gasteiger partial charge in [-0.25, -0.2) is 8.37 Å². The van der Waals surface area contributed by atoms with Crippen LogP contribution in [0.1, 0.15) is 20.3 Å². The van der Waals surface area contributed by atoms with E-state index in [1.807, 2.05) is 0 Å². The number of aliphatic hydroxyl groups is 1. The highest BCUT2D eigenvalue weighted by atomic mass is 32.3. The number of rotatable bonds is 8. The molecule has 16 heteroatoms. The highest BCUT2D eigenvalue weighted by Gasteiger charge is 2.56. The summed E-state index contributed by atoms with van der Waals surface area (Å²) in [4.78, 5) is 0. The van der Waals surface area contributed by atoms with Gasteiger partial charge in [-0.15, -0.1) is 0 Å². The second-order valence-corrected chi connectivity index (χ2v) is 9.55. The highest BCUT2D eigenvalue weighted by Crippen LogP contribution is 2.38. The number of ether oxygens (including phenoxy) is 5. The molecule has 0 aromatic carbocycles. The van der Waals surface area contributed by atoms with E-state index in [4.69, 9.17) is 32.8 Å². The zero-order valence-corrected chi connectivity index (χ0v) is 18.5. The first-order valence-electron chi connectivity index (χ1n) is 9.44. The van der Waals surface area contributed by atoms with Crippen LogP contribution in [0.25, 0.3) is 0 Å². The molecule has 0 saturated carbocycles. The minimum absolute atomic E-state index is 0.00933.